The maximum absolute atomic E-state index is 12.0. The summed E-state index contributed by atoms with van der Waals surface area (Å²) in [4.78, 5) is 16.1. The van der Waals surface area contributed by atoms with E-state index in [1.54, 1.807) is 12.1 Å². The van der Waals surface area contributed by atoms with Crippen molar-refractivity contribution in [3.63, 3.8) is 0 Å². The van der Waals surface area contributed by atoms with E-state index >= 15 is 0 Å². The van der Waals surface area contributed by atoms with Gasteiger partial charge in [-0.1, -0.05) is 17.2 Å². The van der Waals surface area contributed by atoms with E-state index in [2.05, 4.69) is 10.3 Å². The second-order valence-electron chi connectivity index (χ2n) is 4.31. The first-order valence-electron chi connectivity index (χ1n) is 5.66. The highest BCUT2D eigenvalue weighted by Crippen LogP contribution is 2.12. The Kier molecular flexibility index (Phi) is 3.28. The molecule has 4 heteroatoms. The molecule has 0 saturated carbocycles. The molecule has 1 aromatic carbocycles. The van der Waals surface area contributed by atoms with Crippen LogP contribution < -0.4 is 11.1 Å². The van der Waals surface area contributed by atoms with Gasteiger partial charge in [0.05, 0.1) is 11.9 Å². The van der Waals surface area contributed by atoms with Gasteiger partial charge in [0, 0.05) is 5.56 Å². The Bertz CT molecular complexity index is 556. The van der Waals surface area contributed by atoms with Gasteiger partial charge in [-0.3, -0.25) is 4.79 Å². The number of benzene rings is 1. The van der Waals surface area contributed by atoms with Crippen molar-refractivity contribution in [1.29, 1.82) is 0 Å². The Morgan fingerprint density at radius 2 is 1.83 bits per heavy atom. The Labute approximate surface area is 106 Å². The van der Waals surface area contributed by atoms with E-state index in [1.807, 2.05) is 32.0 Å². The minimum absolute atomic E-state index is 0.168. The topological polar surface area (TPSA) is 68.0 Å². The number of amides is 1. The maximum Gasteiger partial charge on any atom is 0.256 e. The van der Waals surface area contributed by atoms with Crippen LogP contribution in [-0.2, 0) is 0 Å². The summed E-state index contributed by atoms with van der Waals surface area (Å²) in [6.45, 7) is 3.93. The van der Waals surface area contributed by atoms with Gasteiger partial charge in [0.2, 0.25) is 0 Å². The molecule has 1 aromatic heterocycles. The van der Waals surface area contributed by atoms with Crippen LogP contribution in [0.15, 0.2) is 36.5 Å². The van der Waals surface area contributed by atoms with Gasteiger partial charge in [-0.05, 0) is 38.1 Å². The zero-order valence-corrected chi connectivity index (χ0v) is 10.4. The second kappa shape index (κ2) is 4.87. The standard InChI is InChI=1S/C14H15N3O/c1-9-5-10(2)7-11(6-9)14(18)17-13-4-3-12(15)8-16-13/h3-8H,15H2,1-2H3,(H,16,17,18). The van der Waals surface area contributed by atoms with Gasteiger partial charge < -0.3 is 11.1 Å². The number of nitrogen functional groups attached to an aromatic ring is 1. The largest absolute Gasteiger partial charge is 0.397 e. The average molecular weight is 241 g/mol. The number of rotatable bonds is 2. The van der Waals surface area contributed by atoms with Crippen LogP contribution in [0, 0.1) is 13.8 Å². The lowest BCUT2D eigenvalue weighted by Gasteiger charge is -2.06. The molecule has 0 fully saturated rings. The predicted molar refractivity (Wildman–Crippen MR) is 72.5 cm³/mol. The summed E-state index contributed by atoms with van der Waals surface area (Å²) in [5.41, 5.74) is 8.85. The predicted octanol–water partition coefficient (Wildman–Crippen LogP) is 2.53. The third kappa shape index (κ3) is 2.85. The van der Waals surface area contributed by atoms with Gasteiger partial charge in [-0.15, -0.1) is 0 Å². The number of aryl methyl sites for hydroxylation is 2. The van der Waals surface area contributed by atoms with Crippen LogP contribution >= 0.6 is 0 Å². The van der Waals surface area contributed by atoms with E-state index in [9.17, 15) is 4.79 Å². The highest BCUT2D eigenvalue weighted by molar-refractivity contribution is 6.04. The van der Waals surface area contributed by atoms with Gasteiger partial charge in [0.15, 0.2) is 0 Å². The van der Waals surface area contributed by atoms with E-state index in [-0.39, 0.29) is 5.91 Å². The van der Waals surface area contributed by atoms with Gasteiger partial charge in [-0.2, -0.15) is 0 Å². The van der Waals surface area contributed by atoms with Crippen molar-refractivity contribution in [3.8, 4) is 0 Å². The smallest absolute Gasteiger partial charge is 0.256 e. The van der Waals surface area contributed by atoms with Crippen molar-refractivity contribution in [3.05, 3.63) is 53.2 Å². The molecule has 0 radical (unpaired) electrons. The first-order valence-corrected chi connectivity index (χ1v) is 5.66. The Hall–Kier alpha value is -2.36. The molecule has 0 saturated heterocycles. The summed E-state index contributed by atoms with van der Waals surface area (Å²) in [6.07, 6.45) is 1.51. The number of nitrogens with one attached hydrogen (secondary N) is 1. The van der Waals surface area contributed by atoms with Crippen LogP contribution in [0.25, 0.3) is 0 Å². The number of hydrogen-bond donors (Lipinski definition) is 2. The lowest BCUT2D eigenvalue weighted by Crippen LogP contribution is -2.13. The van der Waals surface area contributed by atoms with E-state index < -0.39 is 0 Å². The molecular formula is C14H15N3O. The molecule has 0 aliphatic carbocycles. The number of carbonyl (C=O) groups is 1. The second-order valence-corrected chi connectivity index (χ2v) is 4.31. The van der Waals surface area contributed by atoms with Crippen LogP contribution in [0.3, 0.4) is 0 Å². The van der Waals surface area contributed by atoms with Crippen LogP contribution in [0.1, 0.15) is 21.5 Å². The molecule has 18 heavy (non-hydrogen) atoms. The average Bonchev–Trinajstić information content (AvgIpc) is 2.31. The monoisotopic (exact) mass is 241 g/mol. The van der Waals surface area contributed by atoms with Gasteiger partial charge in [0.25, 0.3) is 5.91 Å². The normalized spacial score (nSPS) is 10.1. The summed E-state index contributed by atoms with van der Waals surface area (Å²) >= 11 is 0. The molecule has 2 rings (SSSR count). The molecular weight excluding hydrogens is 226 g/mol. The summed E-state index contributed by atoms with van der Waals surface area (Å²) in [5, 5.41) is 2.73. The van der Waals surface area contributed by atoms with Gasteiger partial charge in [0.1, 0.15) is 5.82 Å². The highest BCUT2D eigenvalue weighted by atomic mass is 16.1. The lowest BCUT2D eigenvalue weighted by atomic mass is 10.1. The molecule has 4 nitrogen and oxygen atoms in total. The zero-order chi connectivity index (χ0) is 13.1. The molecule has 92 valence electrons. The summed E-state index contributed by atoms with van der Waals surface area (Å²) < 4.78 is 0. The van der Waals surface area contributed by atoms with E-state index in [0.717, 1.165) is 11.1 Å². The van der Waals surface area contributed by atoms with Crippen molar-refractivity contribution in [1.82, 2.24) is 4.98 Å². The third-order valence-corrected chi connectivity index (χ3v) is 2.51. The Balaban J connectivity index is 2.19. The number of aromatic nitrogens is 1. The van der Waals surface area contributed by atoms with Crippen molar-refractivity contribution >= 4 is 17.4 Å². The molecule has 0 aliphatic rings. The molecule has 0 unspecified atom stereocenters. The Morgan fingerprint density at radius 3 is 2.39 bits per heavy atom. The number of pyridine rings is 1. The first kappa shape index (κ1) is 12.1. The lowest BCUT2D eigenvalue weighted by molar-refractivity contribution is 0.102. The Morgan fingerprint density at radius 1 is 1.17 bits per heavy atom. The first-order chi connectivity index (χ1) is 8.54. The molecule has 1 heterocycles. The summed E-state index contributed by atoms with van der Waals surface area (Å²) in [6, 6.07) is 9.09. The molecule has 0 spiro atoms. The van der Waals surface area contributed by atoms with Crippen LogP contribution in [0.4, 0.5) is 11.5 Å². The van der Waals surface area contributed by atoms with E-state index in [1.165, 1.54) is 6.20 Å². The number of nitrogens with two attached hydrogens (primary N) is 1. The van der Waals surface area contributed by atoms with E-state index in [4.69, 9.17) is 5.73 Å². The number of anilines is 2. The summed E-state index contributed by atoms with van der Waals surface area (Å²) in [5.74, 6) is 0.326. The van der Waals surface area contributed by atoms with E-state index in [0.29, 0.717) is 17.1 Å². The van der Waals surface area contributed by atoms with Crippen LogP contribution in [-0.4, -0.2) is 10.9 Å². The number of carbonyl (C=O) groups excluding carboxylic acids is 1. The van der Waals surface area contributed by atoms with Crippen LogP contribution in [0.5, 0.6) is 0 Å². The SMILES string of the molecule is Cc1cc(C)cc(C(=O)Nc2ccc(N)cn2)c1. The maximum atomic E-state index is 12.0. The zero-order valence-electron chi connectivity index (χ0n) is 10.4. The van der Waals surface area contributed by atoms with Crippen molar-refractivity contribution in [2.75, 3.05) is 11.1 Å². The fourth-order valence-corrected chi connectivity index (χ4v) is 1.77. The highest BCUT2D eigenvalue weighted by Gasteiger charge is 2.07. The fraction of sp³-hybridized carbons (Fsp3) is 0.143. The minimum atomic E-state index is -0.168. The number of nitrogens with zero attached hydrogens (tertiary/aromatic N) is 1. The molecule has 0 atom stereocenters. The van der Waals surface area contributed by atoms with Crippen LogP contribution in [0.2, 0.25) is 0 Å². The van der Waals surface area contributed by atoms with Crippen molar-refractivity contribution in [2.45, 2.75) is 13.8 Å². The number of hydrogen-bond acceptors (Lipinski definition) is 3. The van der Waals surface area contributed by atoms with Gasteiger partial charge in [-0.25, -0.2) is 4.98 Å². The molecule has 1 amide bonds. The van der Waals surface area contributed by atoms with Crippen molar-refractivity contribution in [2.24, 2.45) is 0 Å². The molecule has 0 aliphatic heterocycles. The molecule has 0 bridgehead atoms. The van der Waals surface area contributed by atoms with Gasteiger partial charge >= 0.3 is 0 Å². The summed E-state index contributed by atoms with van der Waals surface area (Å²) in [7, 11) is 0. The van der Waals surface area contributed by atoms with Crippen molar-refractivity contribution < 1.29 is 4.79 Å². The quantitative estimate of drug-likeness (QED) is 0.849. The third-order valence-electron chi connectivity index (χ3n) is 2.51. The molecule has 2 aromatic rings. The molecule has 3 N–H and O–H groups in total. The minimum Gasteiger partial charge on any atom is -0.397 e. The fourth-order valence-electron chi connectivity index (χ4n) is 1.77.